The second-order valence-electron chi connectivity index (χ2n) is 3.21. The van der Waals surface area contributed by atoms with E-state index in [1.165, 1.54) is 31.5 Å². The van der Waals surface area contributed by atoms with Gasteiger partial charge < -0.3 is 4.74 Å². The van der Waals surface area contributed by atoms with Gasteiger partial charge in [-0.05, 0) is 18.2 Å². The van der Waals surface area contributed by atoms with Gasteiger partial charge >= 0.3 is 6.18 Å². The molecule has 5 heteroatoms. The van der Waals surface area contributed by atoms with Gasteiger partial charge in [0.1, 0.15) is 11.3 Å². The average Bonchev–Trinajstić information content (AvgIpc) is 2.26. The van der Waals surface area contributed by atoms with Gasteiger partial charge in [0.15, 0.2) is 0 Å². The number of hydrogen-bond acceptors (Lipinski definition) is 2. The molecule has 0 N–H and O–H groups in total. The van der Waals surface area contributed by atoms with Crippen molar-refractivity contribution >= 4 is 10.9 Å². The number of ether oxygens (including phenoxy) is 1. The number of hydrogen-bond donors (Lipinski definition) is 0. The second-order valence-corrected chi connectivity index (χ2v) is 3.21. The molecule has 0 unspecified atom stereocenters. The summed E-state index contributed by atoms with van der Waals surface area (Å²) in [5, 5.41) is 0.0503. The molecule has 0 saturated carbocycles. The summed E-state index contributed by atoms with van der Waals surface area (Å²) in [5.74, 6) is 0.337. The Kier molecular flexibility index (Phi) is 2.46. The first-order valence-corrected chi connectivity index (χ1v) is 4.53. The number of fused-ring (bicyclic) bond motifs is 1. The van der Waals surface area contributed by atoms with Crippen LogP contribution in [0.1, 0.15) is 5.56 Å². The Labute approximate surface area is 89.7 Å². The highest BCUT2D eigenvalue weighted by Gasteiger charge is 2.33. The first-order valence-electron chi connectivity index (χ1n) is 4.53. The summed E-state index contributed by atoms with van der Waals surface area (Å²) in [5.41, 5.74) is -0.476. The van der Waals surface area contributed by atoms with Crippen LogP contribution in [0.5, 0.6) is 5.75 Å². The molecule has 0 radical (unpaired) electrons. The van der Waals surface area contributed by atoms with E-state index >= 15 is 0 Å². The van der Waals surface area contributed by atoms with Gasteiger partial charge in [-0.25, -0.2) is 0 Å². The molecule has 2 nitrogen and oxygen atoms in total. The second kappa shape index (κ2) is 3.66. The maximum Gasteiger partial charge on any atom is 0.417 e. The van der Waals surface area contributed by atoms with Crippen molar-refractivity contribution in [3.63, 3.8) is 0 Å². The number of aromatic nitrogens is 1. The van der Waals surface area contributed by atoms with Crippen LogP contribution >= 0.6 is 0 Å². The predicted molar refractivity (Wildman–Crippen MR) is 53.3 cm³/mol. The van der Waals surface area contributed by atoms with Crippen LogP contribution in [-0.4, -0.2) is 12.1 Å². The molecule has 2 aromatic rings. The van der Waals surface area contributed by atoms with E-state index in [2.05, 4.69) is 4.98 Å². The van der Waals surface area contributed by atoms with Crippen LogP contribution in [-0.2, 0) is 6.18 Å². The first kappa shape index (κ1) is 10.7. The lowest BCUT2D eigenvalue weighted by atomic mass is 10.1. The van der Waals surface area contributed by atoms with Gasteiger partial charge in [0.25, 0.3) is 0 Å². The van der Waals surface area contributed by atoms with Crippen molar-refractivity contribution in [2.75, 3.05) is 7.11 Å². The van der Waals surface area contributed by atoms with E-state index < -0.39 is 11.7 Å². The smallest absolute Gasteiger partial charge is 0.417 e. The molecule has 0 saturated heterocycles. The van der Waals surface area contributed by atoms with Crippen molar-refractivity contribution in [3.8, 4) is 5.75 Å². The molecule has 16 heavy (non-hydrogen) atoms. The SMILES string of the molecule is COc1ccc(C(F)(F)F)c2cccnc12. The monoisotopic (exact) mass is 227 g/mol. The van der Waals surface area contributed by atoms with Crippen LogP contribution in [0.25, 0.3) is 10.9 Å². The summed E-state index contributed by atoms with van der Waals surface area (Å²) in [7, 11) is 1.40. The molecule has 1 aromatic heterocycles. The molecule has 0 bridgehead atoms. The molecule has 0 aliphatic heterocycles. The van der Waals surface area contributed by atoms with Gasteiger partial charge in [-0.15, -0.1) is 0 Å². The quantitative estimate of drug-likeness (QED) is 0.745. The number of pyridine rings is 1. The van der Waals surface area contributed by atoms with Gasteiger partial charge in [0.05, 0.1) is 12.7 Å². The zero-order chi connectivity index (χ0) is 11.8. The number of alkyl halides is 3. The minimum absolute atomic E-state index is 0.0503. The molecule has 0 aliphatic rings. The summed E-state index contributed by atoms with van der Waals surface area (Å²) in [4.78, 5) is 3.90. The molecule has 2 rings (SSSR count). The predicted octanol–water partition coefficient (Wildman–Crippen LogP) is 3.26. The number of benzene rings is 1. The Morgan fingerprint density at radius 2 is 1.94 bits per heavy atom. The number of halogens is 3. The molecule has 0 atom stereocenters. The zero-order valence-corrected chi connectivity index (χ0v) is 8.38. The van der Waals surface area contributed by atoms with E-state index in [0.717, 1.165) is 6.07 Å². The molecule has 0 amide bonds. The van der Waals surface area contributed by atoms with E-state index in [-0.39, 0.29) is 10.9 Å². The number of nitrogens with zero attached hydrogens (tertiary/aromatic N) is 1. The lowest BCUT2D eigenvalue weighted by Crippen LogP contribution is -2.06. The zero-order valence-electron chi connectivity index (χ0n) is 8.38. The van der Waals surface area contributed by atoms with Crippen LogP contribution in [0.2, 0.25) is 0 Å². The van der Waals surface area contributed by atoms with Gasteiger partial charge in [0, 0.05) is 11.6 Å². The fourth-order valence-electron chi connectivity index (χ4n) is 1.56. The lowest BCUT2D eigenvalue weighted by molar-refractivity contribution is -0.136. The lowest BCUT2D eigenvalue weighted by Gasteiger charge is -2.11. The van der Waals surface area contributed by atoms with Crippen LogP contribution in [0, 0.1) is 0 Å². The number of methoxy groups -OCH3 is 1. The van der Waals surface area contributed by atoms with E-state index in [9.17, 15) is 13.2 Å². The van der Waals surface area contributed by atoms with Crippen LogP contribution < -0.4 is 4.74 Å². The van der Waals surface area contributed by atoms with E-state index in [4.69, 9.17) is 4.74 Å². The Morgan fingerprint density at radius 3 is 2.56 bits per heavy atom. The topological polar surface area (TPSA) is 22.1 Å². The van der Waals surface area contributed by atoms with Crippen molar-refractivity contribution < 1.29 is 17.9 Å². The molecule has 0 fully saturated rings. The van der Waals surface area contributed by atoms with E-state index in [1.54, 1.807) is 0 Å². The van der Waals surface area contributed by atoms with Gasteiger partial charge in [-0.3, -0.25) is 4.98 Å². The van der Waals surface area contributed by atoms with Gasteiger partial charge in [-0.2, -0.15) is 13.2 Å². The summed E-state index contributed by atoms with van der Waals surface area (Å²) < 4.78 is 43.0. The van der Waals surface area contributed by atoms with Gasteiger partial charge in [-0.1, -0.05) is 6.07 Å². The third-order valence-electron chi connectivity index (χ3n) is 2.26. The maximum absolute atomic E-state index is 12.7. The summed E-state index contributed by atoms with van der Waals surface area (Å²) >= 11 is 0. The Morgan fingerprint density at radius 1 is 1.19 bits per heavy atom. The minimum Gasteiger partial charge on any atom is -0.494 e. The summed E-state index contributed by atoms with van der Waals surface area (Å²) in [6.07, 6.45) is -2.95. The van der Waals surface area contributed by atoms with Crippen molar-refractivity contribution in [2.45, 2.75) is 6.18 Å². The van der Waals surface area contributed by atoms with Crippen molar-refractivity contribution in [3.05, 3.63) is 36.0 Å². The highest BCUT2D eigenvalue weighted by Crippen LogP contribution is 2.37. The Hall–Kier alpha value is -1.78. The number of rotatable bonds is 1. The van der Waals surface area contributed by atoms with Crippen molar-refractivity contribution in [2.24, 2.45) is 0 Å². The fourth-order valence-corrected chi connectivity index (χ4v) is 1.56. The molecule has 1 heterocycles. The molecular weight excluding hydrogens is 219 g/mol. The standard InChI is InChI=1S/C11H8F3NO/c1-16-9-5-4-8(11(12,13)14)7-3-2-6-15-10(7)9/h2-6H,1H3. The first-order chi connectivity index (χ1) is 7.54. The normalized spacial score (nSPS) is 11.8. The molecule has 0 aliphatic carbocycles. The largest absolute Gasteiger partial charge is 0.494 e. The summed E-state index contributed by atoms with van der Waals surface area (Å²) in [6, 6.07) is 5.13. The van der Waals surface area contributed by atoms with Crippen LogP contribution in [0.4, 0.5) is 13.2 Å². The molecule has 1 aromatic carbocycles. The minimum atomic E-state index is -4.38. The Bertz CT molecular complexity index is 522. The van der Waals surface area contributed by atoms with E-state index in [1.807, 2.05) is 0 Å². The highest BCUT2D eigenvalue weighted by atomic mass is 19.4. The maximum atomic E-state index is 12.7. The van der Waals surface area contributed by atoms with Gasteiger partial charge in [0.2, 0.25) is 0 Å². The van der Waals surface area contributed by atoms with Crippen LogP contribution in [0.3, 0.4) is 0 Å². The highest BCUT2D eigenvalue weighted by molar-refractivity contribution is 5.87. The summed E-state index contributed by atoms with van der Waals surface area (Å²) in [6.45, 7) is 0. The van der Waals surface area contributed by atoms with Crippen LogP contribution in [0.15, 0.2) is 30.5 Å². The molecular formula is C11H8F3NO. The fraction of sp³-hybridized carbons (Fsp3) is 0.182. The molecule has 0 spiro atoms. The van der Waals surface area contributed by atoms with Crippen molar-refractivity contribution in [1.29, 1.82) is 0 Å². The van der Waals surface area contributed by atoms with E-state index in [0.29, 0.717) is 5.75 Å². The third-order valence-corrected chi connectivity index (χ3v) is 2.26. The Balaban J connectivity index is 2.80. The third kappa shape index (κ3) is 1.68. The van der Waals surface area contributed by atoms with Crippen molar-refractivity contribution in [1.82, 2.24) is 4.98 Å². The molecule has 84 valence electrons. The average molecular weight is 227 g/mol.